The Bertz CT molecular complexity index is 1510. The van der Waals surface area contributed by atoms with Gasteiger partial charge in [-0.25, -0.2) is 0 Å². The SMILES string of the molecule is Cc1ccc2c(c1)c(C(=O)c1nnc(-c3cccnc3)o1)c(Cl)n2Cc1ccc(Cl)cc1Cl. The summed E-state index contributed by atoms with van der Waals surface area (Å²) in [5.74, 6) is -0.407. The lowest BCUT2D eigenvalue weighted by molar-refractivity contribution is 0.100. The van der Waals surface area contributed by atoms with Crippen molar-refractivity contribution in [2.45, 2.75) is 13.5 Å². The summed E-state index contributed by atoms with van der Waals surface area (Å²) in [6.45, 7) is 2.30. The number of pyridine rings is 1. The average molecular weight is 498 g/mol. The molecular weight excluding hydrogens is 483 g/mol. The van der Waals surface area contributed by atoms with Crippen molar-refractivity contribution in [3.05, 3.63) is 98.7 Å². The van der Waals surface area contributed by atoms with Crippen LogP contribution in [0.15, 0.2) is 65.3 Å². The van der Waals surface area contributed by atoms with Crippen LogP contribution in [-0.2, 0) is 6.54 Å². The van der Waals surface area contributed by atoms with Crippen molar-refractivity contribution in [1.29, 1.82) is 0 Å². The van der Waals surface area contributed by atoms with Crippen LogP contribution in [0.2, 0.25) is 15.2 Å². The second kappa shape index (κ2) is 8.63. The molecule has 2 aromatic carbocycles. The number of fused-ring (bicyclic) bond motifs is 1. The van der Waals surface area contributed by atoms with E-state index < -0.39 is 5.78 Å². The van der Waals surface area contributed by atoms with Crippen molar-refractivity contribution in [1.82, 2.24) is 19.7 Å². The van der Waals surface area contributed by atoms with Crippen molar-refractivity contribution in [2.75, 3.05) is 0 Å². The molecule has 0 amide bonds. The highest BCUT2D eigenvalue weighted by atomic mass is 35.5. The summed E-state index contributed by atoms with van der Waals surface area (Å²) in [4.78, 5) is 17.5. The third-order valence-corrected chi connectivity index (χ3v) is 6.23. The molecule has 3 heterocycles. The maximum absolute atomic E-state index is 13.5. The van der Waals surface area contributed by atoms with Crippen LogP contribution in [-0.4, -0.2) is 25.5 Å². The van der Waals surface area contributed by atoms with Crippen LogP contribution in [0.3, 0.4) is 0 Å². The van der Waals surface area contributed by atoms with Gasteiger partial charge in [0.2, 0.25) is 5.89 Å². The van der Waals surface area contributed by atoms with Crippen molar-refractivity contribution < 1.29 is 9.21 Å². The molecule has 0 N–H and O–H groups in total. The van der Waals surface area contributed by atoms with E-state index in [4.69, 9.17) is 39.2 Å². The zero-order valence-electron chi connectivity index (χ0n) is 17.2. The molecule has 0 unspecified atom stereocenters. The molecule has 5 rings (SSSR count). The van der Waals surface area contributed by atoms with Crippen LogP contribution in [0, 0.1) is 6.92 Å². The highest BCUT2D eigenvalue weighted by molar-refractivity contribution is 6.37. The average Bonchev–Trinajstić information content (AvgIpc) is 3.39. The number of nitrogens with zero attached hydrogens (tertiary/aromatic N) is 4. The molecule has 33 heavy (non-hydrogen) atoms. The number of carbonyl (C=O) groups is 1. The van der Waals surface area contributed by atoms with Gasteiger partial charge in [-0.15, -0.1) is 10.2 Å². The van der Waals surface area contributed by atoms with Crippen molar-refractivity contribution in [3.63, 3.8) is 0 Å². The van der Waals surface area contributed by atoms with Crippen LogP contribution >= 0.6 is 34.8 Å². The first-order chi connectivity index (χ1) is 15.9. The minimum absolute atomic E-state index is 0.152. The molecule has 6 nitrogen and oxygen atoms in total. The second-order valence-electron chi connectivity index (χ2n) is 7.49. The van der Waals surface area contributed by atoms with Gasteiger partial charge in [-0.2, -0.15) is 0 Å². The number of rotatable bonds is 5. The first-order valence-electron chi connectivity index (χ1n) is 9.93. The van der Waals surface area contributed by atoms with E-state index in [0.717, 1.165) is 16.6 Å². The predicted octanol–water partition coefficient (Wildman–Crippen LogP) is 6.63. The van der Waals surface area contributed by atoms with Crippen molar-refractivity contribution >= 4 is 51.5 Å². The molecular formula is C24H15Cl3N4O2. The van der Waals surface area contributed by atoms with E-state index in [-0.39, 0.29) is 16.9 Å². The monoisotopic (exact) mass is 496 g/mol. The predicted molar refractivity (Wildman–Crippen MR) is 128 cm³/mol. The van der Waals surface area contributed by atoms with Gasteiger partial charge in [0.15, 0.2) is 0 Å². The molecule has 0 aliphatic heterocycles. The van der Waals surface area contributed by atoms with Gasteiger partial charge in [0, 0.05) is 27.8 Å². The summed E-state index contributed by atoms with van der Waals surface area (Å²) in [5, 5.41) is 9.96. The topological polar surface area (TPSA) is 73.8 Å². The van der Waals surface area contributed by atoms with Crippen LogP contribution in [0.5, 0.6) is 0 Å². The van der Waals surface area contributed by atoms with E-state index in [1.54, 1.807) is 36.7 Å². The van der Waals surface area contributed by atoms with E-state index >= 15 is 0 Å². The molecule has 0 spiro atoms. The minimum atomic E-state index is -0.459. The van der Waals surface area contributed by atoms with E-state index in [9.17, 15) is 4.79 Å². The van der Waals surface area contributed by atoms with E-state index in [2.05, 4.69) is 15.2 Å². The van der Waals surface area contributed by atoms with Crippen molar-refractivity contribution in [3.8, 4) is 11.5 Å². The number of ketones is 1. The standard InChI is InChI=1S/C24H15Cl3N4O2/c1-13-4-7-19-17(9-13)20(22(27)31(19)12-15-5-6-16(25)10-18(15)26)21(32)24-30-29-23(33-24)14-3-2-8-28-11-14/h2-11H,12H2,1H3. The Kier molecular flexibility index (Phi) is 5.66. The molecule has 0 bridgehead atoms. The minimum Gasteiger partial charge on any atom is -0.413 e. The molecule has 0 aliphatic rings. The summed E-state index contributed by atoms with van der Waals surface area (Å²) < 4.78 is 7.49. The van der Waals surface area contributed by atoms with Gasteiger partial charge in [0.25, 0.3) is 11.7 Å². The molecule has 0 atom stereocenters. The number of aryl methyl sites for hydroxylation is 1. The fourth-order valence-corrected chi connectivity index (χ4v) is 4.46. The first kappa shape index (κ1) is 21.6. The molecule has 0 radical (unpaired) electrons. The zero-order valence-corrected chi connectivity index (χ0v) is 19.5. The van der Waals surface area contributed by atoms with Crippen LogP contribution in [0.25, 0.3) is 22.4 Å². The Labute approximate surface area is 203 Å². The molecule has 9 heteroatoms. The Morgan fingerprint density at radius 3 is 2.67 bits per heavy atom. The summed E-state index contributed by atoms with van der Waals surface area (Å²) in [5.41, 5.74) is 3.49. The number of aromatic nitrogens is 4. The van der Waals surface area contributed by atoms with Crippen LogP contribution in [0.1, 0.15) is 27.4 Å². The number of halogens is 3. The summed E-state index contributed by atoms with van der Waals surface area (Å²) in [7, 11) is 0. The molecule has 0 aliphatic carbocycles. The number of hydrogen-bond acceptors (Lipinski definition) is 5. The Balaban J connectivity index is 1.61. The lowest BCUT2D eigenvalue weighted by atomic mass is 10.1. The summed E-state index contributed by atoms with van der Waals surface area (Å²) >= 11 is 19.2. The molecule has 3 aromatic heterocycles. The fraction of sp³-hybridized carbons (Fsp3) is 0.0833. The van der Waals surface area contributed by atoms with Gasteiger partial charge >= 0.3 is 0 Å². The van der Waals surface area contributed by atoms with Gasteiger partial charge in [-0.3, -0.25) is 9.78 Å². The van der Waals surface area contributed by atoms with Gasteiger partial charge in [0.05, 0.1) is 23.2 Å². The molecule has 0 saturated heterocycles. The number of carbonyl (C=O) groups excluding carboxylic acids is 1. The summed E-state index contributed by atoms with van der Waals surface area (Å²) in [6.07, 6.45) is 3.22. The maximum atomic E-state index is 13.5. The van der Waals surface area contributed by atoms with Gasteiger partial charge < -0.3 is 8.98 Å². The van der Waals surface area contributed by atoms with Gasteiger partial charge in [-0.05, 0) is 48.9 Å². The molecule has 0 saturated carbocycles. The Morgan fingerprint density at radius 2 is 1.91 bits per heavy atom. The smallest absolute Gasteiger partial charge is 0.289 e. The Hall–Kier alpha value is -3.19. The van der Waals surface area contributed by atoms with Crippen LogP contribution in [0.4, 0.5) is 0 Å². The summed E-state index contributed by atoms with van der Waals surface area (Å²) in [6, 6.07) is 14.6. The molecule has 0 fully saturated rings. The molecule has 5 aromatic rings. The highest BCUT2D eigenvalue weighted by Crippen LogP contribution is 2.34. The highest BCUT2D eigenvalue weighted by Gasteiger charge is 2.27. The third kappa shape index (κ3) is 4.02. The largest absolute Gasteiger partial charge is 0.413 e. The second-order valence-corrected chi connectivity index (χ2v) is 8.69. The lowest BCUT2D eigenvalue weighted by Crippen LogP contribution is -2.04. The van der Waals surface area contributed by atoms with Crippen molar-refractivity contribution in [2.24, 2.45) is 0 Å². The van der Waals surface area contributed by atoms with E-state index in [0.29, 0.717) is 33.1 Å². The normalized spacial score (nSPS) is 11.3. The fourth-order valence-electron chi connectivity index (χ4n) is 3.66. The third-order valence-electron chi connectivity index (χ3n) is 5.25. The molecule has 164 valence electrons. The van der Waals surface area contributed by atoms with Gasteiger partial charge in [-0.1, -0.05) is 52.5 Å². The maximum Gasteiger partial charge on any atom is 0.289 e. The van der Waals surface area contributed by atoms with E-state index in [1.165, 1.54) is 0 Å². The quantitative estimate of drug-likeness (QED) is 0.255. The van der Waals surface area contributed by atoms with Crippen LogP contribution < -0.4 is 0 Å². The first-order valence-corrected chi connectivity index (χ1v) is 11.1. The van der Waals surface area contributed by atoms with Gasteiger partial charge in [0.1, 0.15) is 5.15 Å². The Morgan fingerprint density at radius 1 is 1.06 bits per heavy atom. The number of benzene rings is 2. The zero-order chi connectivity index (χ0) is 23.1. The lowest BCUT2D eigenvalue weighted by Gasteiger charge is -2.10. The number of hydrogen-bond donors (Lipinski definition) is 0. The van der Waals surface area contributed by atoms with E-state index in [1.807, 2.05) is 35.8 Å².